The molecule has 1 N–H and O–H groups in total. The molecule has 0 radical (unpaired) electrons. The number of hydrogen-bond donors (Lipinski definition) is 1. The molecule has 0 aliphatic heterocycles. The molecule has 0 fully saturated rings. The second kappa shape index (κ2) is 11.9. The third-order valence-electron chi connectivity index (χ3n) is 4.89. The molecule has 6 nitrogen and oxygen atoms in total. The van der Waals surface area contributed by atoms with Gasteiger partial charge in [-0.1, -0.05) is 84.8 Å². The van der Waals surface area contributed by atoms with Crippen molar-refractivity contribution in [1.82, 2.24) is 15.1 Å². The monoisotopic (exact) mass is 448 g/mol. The Morgan fingerprint density at radius 2 is 1.78 bits per heavy atom. The van der Waals surface area contributed by atoms with E-state index >= 15 is 0 Å². The maximum atomic E-state index is 12.7. The highest BCUT2D eigenvalue weighted by Crippen LogP contribution is 2.26. The number of hydrogen-bond acceptors (Lipinski definition) is 5. The molecule has 0 saturated heterocycles. The molecule has 1 aromatic heterocycles. The maximum Gasteiger partial charge on any atom is 0.246 e. The Morgan fingerprint density at radius 3 is 2.50 bits per heavy atom. The summed E-state index contributed by atoms with van der Waals surface area (Å²) in [5, 5.41) is 12.3. The van der Waals surface area contributed by atoms with Gasteiger partial charge in [0.1, 0.15) is 5.01 Å². The van der Waals surface area contributed by atoms with Crippen molar-refractivity contribution < 1.29 is 9.59 Å². The predicted molar refractivity (Wildman–Crippen MR) is 130 cm³/mol. The molecule has 0 atom stereocenters. The molecule has 0 spiro atoms. The molecular formula is C25H28N4O2S. The number of benzene rings is 2. The van der Waals surface area contributed by atoms with Gasteiger partial charge in [0.25, 0.3) is 0 Å². The van der Waals surface area contributed by atoms with Gasteiger partial charge in [0.05, 0.1) is 0 Å². The van der Waals surface area contributed by atoms with Crippen molar-refractivity contribution in [2.24, 2.45) is 0 Å². The summed E-state index contributed by atoms with van der Waals surface area (Å²) in [6, 6.07) is 17.7. The quantitative estimate of drug-likeness (QED) is 0.434. The van der Waals surface area contributed by atoms with Crippen LogP contribution < -0.4 is 5.32 Å². The van der Waals surface area contributed by atoms with E-state index in [4.69, 9.17) is 0 Å². The fraction of sp³-hybridized carbons (Fsp3) is 0.280. The van der Waals surface area contributed by atoms with E-state index in [1.807, 2.05) is 61.5 Å². The Labute approximate surface area is 193 Å². The lowest BCUT2D eigenvalue weighted by atomic mass is 10.2. The first-order valence-corrected chi connectivity index (χ1v) is 11.6. The number of amides is 2. The average Bonchev–Trinajstić information content (AvgIpc) is 3.27. The van der Waals surface area contributed by atoms with Gasteiger partial charge >= 0.3 is 0 Å². The van der Waals surface area contributed by atoms with Crippen LogP contribution in [0.15, 0.2) is 60.7 Å². The number of unbranched alkanes of at least 4 members (excludes halogenated alkanes) is 1. The van der Waals surface area contributed by atoms with E-state index < -0.39 is 0 Å². The first-order chi connectivity index (χ1) is 15.5. The number of aromatic nitrogens is 2. The summed E-state index contributed by atoms with van der Waals surface area (Å²) in [5.41, 5.74) is 3.11. The lowest BCUT2D eigenvalue weighted by Crippen LogP contribution is -2.33. The average molecular weight is 449 g/mol. The van der Waals surface area contributed by atoms with Crippen LogP contribution in [0.2, 0.25) is 0 Å². The highest BCUT2D eigenvalue weighted by Gasteiger charge is 2.14. The molecule has 0 unspecified atom stereocenters. The molecule has 0 saturated carbocycles. The summed E-state index contributed by atoms with van der Waals surface area (Å²) in [6.07, 6.45) is 5.44. The molecule has 2 aromatic carbocycles. The molecule has 2 amide bonds. The van der Waals surface area contributed by atoms with Gasteiger partial charge in [-0.15, -0.1) is 10.2 Å². The third-order valence-corrected chi connectivity index (χ3v) is 5.78. The lowest BCUT2D eigenvalue weighted by molar-refractivity contribution is -0.126. The zero-order chi connectivity index (χ0) is 22.8. The van der Waals surface area contributed by atoms with Gasteiger partial charge < -0.3 is 10.2 Å². The van der Waals surface area contributed by atoms with Crippen LogP contribution >= 0.6 is 11.3 Å². The van der Waals surface area contributed by atoms with E-state index in [0.29, 0.717) is 18.2 Å². The molecule has 1 heterocycles. The third kappa shape index (κ3) is 7.13. The molecule has 0 aliphatic carbocycles. The second-order valence-electron chi connectivity index (χ2n) is 7.50. The van der Waals surface area contributed by atoms with E-state index in [0.717, 1.165) is 29.0 Å². The fourth-order valence-electron chi connectivity index (χ4n) is 3.02. The predicted octanol–water partition coefficient (Wildman–Crippen LogP) is 5.18. The summed E-state index contributed by atoms with van der Waals surface area (Å²) < 4.78 is 0. The Morgan fingerprint density at radius 1 is 1.03 bits per heavy atom. The van der Waals surface area contributed by atoms with Gasteiger partial charge in [-0.3, -0.25) is 9.59 Å². The first-order valence-electron chi connectivity index (χ1n) is 10.8. The Kier molecular flexibility index (Phi) is 8.69. The van der Waals surface area contributed by atoms with Crippen molar-refractivity contribution in [2.45, 2.75) is 33.1 Å². The number of rotatable bonds is 10. The van der Waals surface area contributed by atoms with Gasteiger partial charge in [-0.25, -0.2) is 0 Å². The molecule has 0 aliphatic rings. The first kappa shape index (κ1) is 23.3. The van der Waals surface area contributed by atoms with Crippen LogP contribution in [-0.2, 0) is 9.59 Å². The molecular weight excluding hydrogens is 420 g/mol. The maximum absolute atomic E-state index is 12.7. The zero-order valence-electron chi connectivity index (χ0n) is 18.5. The number of aryl methyl sites for hydroxylation is 1. The van der Waals surface area contributed by atoms with E-state index in [1.165, 1.54) is 16.9 Å². The molecule has 3 aromatic rings. The second-order valence-corrected chi connectivity index (χ2v) is 8.48. The topological polar surface area (TPSA) is 75.2 Å². The highest BCUT2D eigenvalue weighted by molar-refractivity contribution is 7.18. The number of anilines is 1. The van der Waals surface area contributed by atoms with Crippen molar-refractivity contribution in [1.29, 1.82) is 0 Å². The summed E-state index contributed by atoms with van der Waals surface area (Å²) in [4.78, 5) is 26.8. The standard InChI is InChI=1S/C25H28N4O2S/c1-3-4-17-29(23(31)15-12-20-8-6-5-7-9-20)18-16-22(30)26-25-28-27-24(32-25)21-13-10-19(2)11-14-21/h5-15H,3-4,16-18H2,1-2H3,(H,26,28,30). The summed E-state index contributed by atoms with van der Waals surface area (Å²) in [7, 11) is 0. The minimum atomic E-state index is -0.182. The van der Waals surface area contributed by atoms with Crippen molar-refractivity contribution in [3.8, 4) is 10.6 Å². The van der Waals surface area contributed by atoms with Crippen LogP contribution in [0.4, 0.5) is 5.13 Å². The van der Waals surface area contributed by atoms with Crippen LogP contribution in [0.3, 0.4) is 0 Å². The van der Waals surface area contributed by atoms with Gasteiger partial charge in [0, 0.05) is 31.1 Å². The van der Waals surface area contributed by atoms with E-state index in [2.05, 4.69) is 22.4 Å². The minimum Gasteiger partial charge on any atom is -0.339 e. The van der Waals surface area contributed by atoms with Crippen molar-refractivity contribution in [3.63, 3.8) is 0 Å². The molecule has 3 rings (SSSR count). The molecule has 32 heavy (non-hydrogen) atoms. The van der Waals surface area contributed by atoms with Gasteiger partial charge in [-0.05, 0) is 25.0 Å². The van der Waals surface area contributed by atoms with E-state index in [1.54, 1.807) is 17.1 Å². The number of nitrogens with one attached hydrogen (secondary N) is 1. The normalized spacial score (nSPS) is 10.9. The number of carbonyl (C=O) groups is 2. The van der Waals surface area contributed by atoms with Crippen LogP contribution in [0.25, 0.3) is 16.6 Å². The number of carbonyl (C=O) groups excluding carboxylic acids is 2. The summed E-state index contributed by atoms with van der Waals surface area (Å²) >= 11 is 1.33. The van der Waals surface area contributed by atoms with Gasteiger partial charge in [0.2, 0.25) is 16.9 Å². The van der Waals surface area contributed by atoms with Gasteiger partial charge in [0.15, 0.2) is 0 Å². The zero-order valence-corrected chi connectivity index (χ0v) is 19.3. The SMILES string of the molecule is CCCCN(CCC(=O)Nc1nnc(-c2ccc(C)cc2)s1)C(=O)C=Cc1ccccc1. The van der Waals surface area contributed by atoms with Crippen LogP contribution in [-0.4, -0.2) is 40.0 Å². The fourth-order valence-corrected chi connectivity index (χ4v) is 3.79. The van der Waals surface area contributed by atoms with Crippen LogP contribution in [0, 0.1) is 6.92 Å². The van der Waals surface area contributed by atoms with Gasteiger partial charge in [-0.2, -0.15) is 0 Å². The highest BCUT2D eigenvalue weighted by atomic mass is 32.1. The Bertz CT molecular complexity index is 1050. The summed E-state index contributed by atoms with van der Waals surface area (Å²) in [6.45, 7) is 5.09. The minimum absolute atomic E-state index is 0.0901. The summed E-state index contributed by atoms with van der Waals surface area (Å²) in [5.74, 6) is -0.273. The largest absolute Gasteiger partial charge is 0.339 e. The van der Waals surface area contributed by atoms with E-state index in [9.17, 15) is 9.59 Å². The molecule has 166 valence electrons. The Balaban J connectivity index is 1.55. The van der Waals surface area contributed by atoms with Crippen molar-refractivity contribution >= 4 is 34.4 Å². The van der Waals surface area contributed by atoms with Crippen molar-refractivity contribution in [2.75, 3.05) is 18.4 Å². The molecule has 0 bridgehead atoms. The molecule has 7 heteroatoms. The number of nitrogens with zero attached hydrogens (tertiary/aromatic N) is 3. The smallest absolute Gasteiger partial charge is 0.246 e. The lowest BCUT2D eigenvalue weighted by Gasteiger charge is -2.20. The van der Waals surface area contributed by atoms with E-state index in [-0.39, 0.29) is 18.2 Å². The Hall–Kier alpha value is -3.32. The van der Waals surface area contributed by atoms with Crippen LogP contribution in [0.5, 0.6) is 0 Å². The van der Waals surface area contributed by atoms with Crippen molar-refractivity contribution in [3.05, 3.63) is 71.8 Å². The van der Waals surface area contributed by atoms with Crippen LogP contribution in [0.1, 0.15) is 37.3 Å².